The van der Waals surface area contributed by atoms with Gasteiger partial charge in [-0.3, -0.25) is 0 Å². The highest BCUT2D eigenvalue weighted by Gasteiger charge is 2.04. The molecule has 0 unspecified atom stereocenters. The van der Waals surface area contributed by atoms with E-state index >= 15 is 0 Å². The predicted molar refractivity (Wildman–Crippen MR) is 81.5 cm³/mol. The number of nitrogens with one attached hydrogen (secondary N) is 1. The lowest BCUT2D eigenvalue weighted by Crippen LogP contribution is -2.12. The molecule has 0 aliphatic carbocycles. The Hall–Kier alpha value is -2.08. The highest BCUT2D eigenvalue weighted by atomic mass is 79.9. The fourth-order valence-electron chi connectivity index (χ4n) is 1.71. The van der Waals surface area contributed by atoms with Crippen LogP contribution in [0.5, 0.6) is 5.75 Å². The standard InChI is InChI=1S/C15H13BrFNO3/c16-11-4-5-14(13(17)9-11)18-6-7-21-12-3-1-2-10(8-12)15(19)20/h1-5,8-9,18H,6-7H2,(H,19,20). The summed E-state index contributed by atoms with van der Waals surface area (Å²) < 4.78 is 19.6. The van der Waals surface area contributed by atoms with Gasteiger partial charge in [0.1, 0.15) is 18.2 Å². The Balaban J connectivity index is 1.84. The first-order valence-electron chi connectivity index (χ1n) is 6.21. The molecular formula is C15H13BrFNO3. The summed E-state index contributed by atoms with van der Waals surface area (Å²) in [7, 11) is 0. The zero-order valence-electron chi connectivity index (χ0n) is 11.0. The quantitative estimate of drug-likeness (QED) is 0.776. The van der Waals surface area contributed by atoms with Gasteiger partial charge in [-0.2, -0.15) is 0 Å². The molecule has 2 rings (SSSR count). The summed E-state index contributed by atoms with van der Waals surface area (Å²) in [4.78, 5) is 10.8. The van der Waals surface area contributed by atoms with Crippen LogP contribution in [0.1, 0.15) is 10.4 Å². The van der Waals surface area contributed by atoms with Crippen LogP contribution < -0.4 is 10.1 Å². The lowest BCUT2D eigenvalue weighted by atomic mass is 10.2. The normalized spacial score (nSPS) is 10.2. The number of hydrogen-bond donors (Lipinski definition) is 2. The van der Waals surface area contributed by atoms with Gasteiger partial charge in [0.25, 0.3) is 0 Å². The van der Waals surface area contributed by atoms with Gasteiger partial charge in [-0.05, 0) is 36.4 Å². The Morgan fingerprint density at radius 3 is 2.81 bits per heavy atom. The highest BCUT2D eigenvalue weighted by molar-refractivity contribution is 9.10. The molecule has 2 aromatic carbocycles. The number of ether oxygens (including phenoxy) is 1. The Morgan fingerprint density at radius 2 is 2.10 bits per heavy atom. The topological polar surface area (TPSA) is 58.6 Å². The van der Waals surface area contributed by atoms with Gasteiger partial charge in [0.15, 0.2) is 0 Å². The first-order valence-corrected chi connectivity index (χ1v) is 7.00. The molecule has 2 aromatic rings. The number of carbonyl (C=O) groups is 1. The van der Waals surface area contributed by atoms with Crippen LogP contribution in [0.4, 0.5) is 10.1 Å². The van der Waals surface area contributed by atoms with Gasteiger partial charge in [-0.1, -0.05) is 22.0 Å². The van der Waals surface area contributed by atoms with Crippen LogP contribution in [0.15, 0.2) is 46.9 Å². The molecule has 0 aliphatic heterocycles. The number of carboxylic acids is 1. The zero-order valence-corrected chi connectivity index (χ0v) is 12.6. The van der Waals surface area contributed by atoms with Crippen molar-refractivity contribution in [2.45, 2.75) is 0 Å². The van der Waals surface area contributed by atoms with E-state index in [9.17, 15) is 9.18 Å². The molecule has 0 fully saturated rings. The van der Waals surface area contributed by atoms with E-state index in [1.54, 1.807) is 24.3 Å². The number of aromatic carboxylic acids is 1. The van der Waals surface area contributed by atoms with Gasteiger partial charge in [-0.25, -0.2) is 9.18 Å². The van der Waals surface area contributed by atoms with Gasteiger partial charge in [0.05, 0.1) is 11.3 Å². The third-order valence-corrected chi connectivity index (χ3v) is 3.19. The molecule has 0 heterocycles. The number of carboxylic acid groups (broad SMARTS) is 1. The second-order valence-corrected chi connectivity index (χ2v) is 5.15. The van der Waals surface area contributed by atoms with Gasteiger partial charge < -0.3 is 15.2 Å². The molecule has 0 radical (unpaired) electrons. The second-order valence-electron chi connectivity index (χ2n) is 4.23. The van der Waals surface area contributed by atoms with Gasteiger partial charge >= 0.3 is 5.97 Å². The number of halogens is 2. The summed E-state index contributed by atoms with van der Waals surface area (Å²) in [5, 5.41) is 11.8. The van der Waals surface area contributed by atoms with Crippen molar-refractivity contribution in [3.63, 3.8) is 0 Å². The largest absolute Gasteiger partial charge is 0.492 e. The SMILES string of the molecule is O=C(O)c1cccc(OCCNc2ccc(Br)cc2F)c1. The van der Waals surface area contributed by atoms with E-state index in [4.69, 9.17) is 9.84 Å². The zero-order chi connectivity index (χ0) is 15.2. The van der Waals surface area contributed by atoms with Crippen molar-refractivity contribution in [1.29, 1.82) is 0 Å². The van der Waals surface area contributed by atoms with Crippen molar-refractivity contribution in [1.82, 2.24) is 0 Å². The summed E-state index contributed by atoms with van der Waals surface area (Å²) in [6, 6.07) is 11.0. The summed E-state index contributed by atoms with van der Waals surface area (Å²) >= 11 is 3.19. The molecule has 21 heavy (non-hydrogen) atoms. The van der Waals surface area contributed by atoms with E-state index in [1.807, 2.05) is 0 Å². The lowest BCUT2D eigenvalue weighted by molar-refractivity contribution is 0.0696. The fourth-order valence-corrected chi connectivity index (χ4v) is 2.04. The molecule has 0 spiro atoms. The molecule has 0 atom stereocenters. The summed E-state index contributed by atoms with van der Waals surface area (Å²) in [5.74, 6) is -0.888. The summed E-state index contributed by atoms with van der Waals surface area (Å²) in [6.07, 6.45) is 0. The van der Waals surface area contributed by atoms with Crippen molar-refractivity contribution >= 4 is 27.6 Å². The van der Waals surface area contributed by atoms with Crippen LogP contribution in [0.3, 0.4) is 0 Å². The van der Waals surface area contributed by atoms with Crippen molar-refractivity contribution in [3.8, 4) is 5.75 Å². The Labute approximate surface area is 129 Å². The maximum absolute atomic E-state index is 13.5. The van der Waals surface area contributed by atoms with E-state index in [-0.39, 0.29) is 11.4 Å². The predicted octanol–water partition coefficient (Wildman–Crippen LogP) is 3.78. The molecule has 2 N–H and O–H groups in total. The van der Waals surface area contributed by atoms with Gasteiger partial charge in [0, 0.05) is 11.0 Å². The summed E-state index contributed by atoms with van der Waals surface area (Å²) in [6.45, 7) is 0.689. The Kier molecular flexibility index (Phi) is 5.16. The first kappa shape index (κ1) is 15.3. The number of rotatable bonds is 6. The van der Waals surface area contributed by atoms with E-state index in [0.717, 1.165) is 0 Å². The van der Waals surface area contributed by atoms with Crippen LogP contribution >= 0.6 is 15.9 Å². The number of anilines is 1. The summed E-state index contributed by atoms with van der Waals surface area (Å²) in [5.41, 5.74) is 0.556. The maximum atomic E-state index is 13.5. The van der Waals surface area contributed by atoms with Crippen molar-refractivity contribution in [3.05, 3.63) is 58.3 Å². The Bertz CT molecular complexity index is 649. The Morgan fingerprint density at radius 1 is 1.29 bits per heavy atom. The molecule has 4 nitrogen and oxygen atoms in total. The van der Waals surface area contributed by atoms with E-state index in [2.05, 4.69) is 21.2 Å². The van der Waals surface area contributed by atoms with E-state index < -0.39 is 5.97 Å². The minimum absolute atomic E-state index is 0.166. The van der Waals surface area contributed by atoms with Crippen LogP contribution in [0.25, 0.3) is 0 Å². The molecule has 0 aromatic heterocycles. The van der Waals surface area contributed by atoms with Gasteiger partial charge in [0.2, 0.25) is 0 Å². The van der Waals surface area contributed by atoms with Crippen molar-refractivity contribution in [2.24, 2.45) is 0 Å². The number of hydrogen-bond acceptors (Lipinski definition) is 3. The molecule has 6 heteroatoms. The molecule has 0 aliphatic rings. The molecule has 0 saturated carbocycles. The minimum atomic E-state index is -1.00. The van der Waals surface area contributed by atoms with E-state index in [1.165, 1.54) is 18.2 Å². The lowest BCUT2D eigenvalue weighted by Gasteiger charge is -2.10. The number of benzene rings is 2. The monoisotopic (exact) mass is 353 g/mol. The van der Waals surface area contributed by atoms with Crippen molar-refractivity contribution < 1.29 is 19.0 Å². The third kappa shape index (κ3) is 4.46. The van der Waals surface area contributed by atoms with Gasteiger partial charge in [-0.15, -0.1) is 0 Å². The fraction of sp³-hybridized carbons (Fsp3) is 0.133. The second kappa shape index (κ2) is 7.08. The molecular weight excluding hydrogens is 341 g/mol. The maximum Gasteiger partial charge on any atom is 0.335 e. The molecule has 0 amide bonds. The van der Waals surface area contributed by atoms with E-state index in [0.29, 0.717) is 29.1 Å². The van der Waals surface area contributed by atoms with Crippen LogP contribution in [0.2, 0.25) is 0 Å². The molecule has 110 valence electrons. The van der Waals surface area contributed by atoms with Crippen LogP contribution in [0, 0.1) is 5.82 Å². The van der Waals surface area contributed by atoms with Crippen molar-refractivity contribution in [2.75, 3.05) is 18.5 Å². The average molecular weight is 354 g/mol. The highest BCUT2D eigenvalue weighted by Crippen LogP contribution is 2.19. The van der Waals surface area contributed by atoms with Crippen LogP contribution in [-0.2, 0) is 0 Å². The smallest absolute Gasteiger partial charge is 0.335 e. The first-order chi connectivity index (χ1) is 10.1. The third-order valence-electron chi connectivity index (χ3n) is 2.70. The minimum Gasteiger partial charge on any atom is -0.492 e. The molecule has 0 bridgehead atoms. The molecule has 0 saturated heterocycles. The van der Waals surface area contributed by atoms with Crippen LogP contribution in [-0.4, -0.2) is 24.2 Å². The average Bonchev–Trinajstić information content (AvgIpc) is 2.45.